The van der Waals surface area contributed by atoms with E-state index in [1.165, 1.54) is 4.88 Å². The zero-order chi connectivity index (χ0) is 13.9. The third-order valence-corrected chi connectivity index (χ3v) is 3.92. The molecule has 1 N–H and O–H groups in total. The molecule has 102 valence electrons. The molecule has 0 fully saturated rings. The lowest BCUT2D eigenvalue weighted by atomic mass is 10.1. The second kappa shape index (κ2) is 6.18. The number of carboxylic acid groups (broad SMARTS) is 1. The summed E-state index contributed by atoms with van der Waals surface area (Å²) in [5, 5.41) is 9.96. The van der Waals surface area contributed by atoms with E-state index in [4.69, 9.17) is 5.11 Å². The molecule has 18 heavy (non-hydrogen) atoms. The van der Waals surface area contributed by atoms with Crippen molar-refractivity contribution in [3.8, 4) is 0 Å². The second-order valence-corrected chi connectivity index (χ2v) is 6.36. The minimum absolute atomic E-state index is 0.381. The molecule has 0 bridgehead atoms. The van der Waals surface area contributed by atoms with Crippen LogP contribution < -0.4 is 4.90 Å². The van der Waals surface area contributed by atoms with Crippen molar-refractivity contribution in [1.82, 2.24) is 4.98 Å². The fourth-order valence-electron chi connectivity index (χ4n) is 1.67. The van der Waals surface area contributed by atoms with Gasteiger partial charge in [0, 0.05) is 18.0 Å². The summed E-state index contributed by atoms with van der Waals surface area (Å²) in [5.41, 5.74) is 1.03. The van der Waals surface area contributed by atoms with E-state index in [0.29, 0.717) is 12.5 Å². The molecule has 1 atom stereocenters. The van der Waals surface area contributed by atoms with Gasteiger partial charge >= 0.3 is 5.97 Å². The molecular weight excluding hydrogens is 248 g/mol. The van der Waals surface area contributed by atoms with Gasteiger partial charge < -0.3 is 10.0 Å². The number of aryl methyl sites for hydroxylation is 2. The number of thiazole rings is 1. The molecule has 1 aromatic rings. The van der Waals surface area contributed by atoms with E-state index >= 15 is 0 Å². The Morgan fingerprint density at radius 1 is 1.33 bits per heavy atom. The van der Waals surface area contributed by atoms with Crippen LogP contribution in [-0.4, -0.2) is 29.1 Å². The van der Waals surface area contributed by atoms with E-state index in [2.05, 4.69) is 23.7 Å². The van der Waals surface area contributed by atoms with E-state index in [1.807, 2.05) is 13.8 Å². The summed E-state index contributed by atoms with van der Waals surface area (Å²) in [6, 6.07) is 0. The molecule has 0 saturated carbocycles. The molecule has 0 saturated heterocycles. The normalized spacial score (nSPS) is 12.8. The molecule has 0 aliphatic heterocycles. The fourth-order valence-corrected chi connectivity index (χ4v) is 2.60. The molecule has 0 aliphatic carbocycles. The van der Waals surface area contributed by atoms with Gasteiger partial charge in [0.05, 0.1) is 11.6 Å². The number of rotatable bonds is 6. The van der Waals surface area contributed by atoms with Crippen molar-refractivity contribution in [3.63, 3.8) is 0 Å². The number of hydrogen-bond acceptors (Lipinski definition) is 4. The first kappa shape index (κ1) is 15.0. The van der Waals surface area contributed by atoms with E-state index in [-0.39, 0.29) is 5.92 Å². The van der Waals surface area contributed by atoms with Crippen molar-refractivity contribution in [2.75, 3.05) is 18.0 Å². The summed E-state index contributed by atoms with van der Waals surface area (Å²) in [6.45, 7) is 11.4. The van der Waals surface area contributed by atoms with Crippen LogP contribution in [0.25, 0.3) is 0 Å². The Morgan fingerprint density at radius 3 is 2.33 bits per heavy atom. The lowest BCUT2D eigenvalue weighted by Gasteiger charge is -2.25. The SMILES string of the molecule is Cc1nc(N(CC(C)C)CC(C)C(=O)O)sc1C. The molecule has 0 aliphatic rings. The van der Waals surface area contributed by atoms with Crippen LogP contribution in [0, 0.1) is 25.7 Å². The van der Waals surface area contributed by atoms with Gasteiger partial charge in [0.1, 0.15) is 0 Å². The predicted molar refractivity (Wildman–Crippen MR) is 75.4 cm³/mol. The fraction of sp³-hybridized carbons (Fsp3) is 0.692. The average Bonchev–Trinajstić information content (AvgIpc) is 2.57. The Kier molecular flexibility index (Phi) is 5.14. The number of aromatic nitrogens is 1. The maximum absolute atomic E-state index is 11.0. The molecule has 0 aromatic carbocycles. The largest absolute Gasteiger partial charge is 0.481 e. The van der Waals surface area contributed by atoms with Crippen LogP contribution in [0.2, 0.25) is 0 Å². The minimum atomic E-state index is -0.756. The topological polar surface area (TPSA) is 53.4 Å². The first-order valence-electron chi connectivity index (χ1n) is 6.23. The number of carboxylic acids is 1. The van der Waals surface area contributed by atoms with E-state index < -0.39 is 5.97 Å². The molecule has 1 heterocycles. The van der Waals surface area contributed by atoms with Gasteiger partial charge in [-0.2, -0.15) is 0 Å². The highest BCUT2D eigenvalue weighted by Gasteiger charge is 2.20. The zero-order valence-corrected chi connectivity index (χ0v) is 12.5. The summed E-state index contributed by atoms with van der Waals surface area (Å²) in [7, 11) is 0. The number of hydrogen-bond donors (Lipinski definition) is 1. The van der Waals surface area contributed by atoms with E-state index in [9.17, 15) is 4.79 Å². The van der Waals surface area contributed by atoms with Crippen LogP contribution in [0.4, 0.5) is 5.13 Å². The predicted octanol–water partition coefficient (Wildman–Crippen LogP) is 2.94. The summed E-state index contributed by atoms with van der Waals surface area (Å²) >= 11 is 1.64. The summed E-state index contributed by atoms with van der Waals surface area (Å²) < 4.78 is 0. The van der Waals surface area contributed by atoms with Gasteiger partial charge in [-0.1, -0.05) is 20.8 Å². The maximum Gasteiger partial charge on any atom is 0.308 e. The molecule has 0 spiro atoms. The van der Waals surface area contributed by atoms with Crippen molar-refractivity contribution in [1.29, 1.82) is 0 Å². The first-order chi connectivity index (χ1) is 8.31. The van der Waals surface area contributed by atoms with Gasteiger partial charge in [-0.05, 0) is 19.8 Å². The molecule has 0 amide bonds. The molecule has 0 radical (unpaired) electrons. The molecule has 5 heteroatoms. The Morgan fingerprint density at radius 2 is 1.94 bits per heavy atom. The van der Waals surface area contributed by atoms with Gasteiger partial charge in [-0.15, -0.1) is 11.3 Å². The summed E-state index contributed by atoms with van der Waals surface area (Å²) in [5.74, 6) is -0.655. The highest BCUT2D eigenvalue weighted by atomic mass is 32.1. The van der Waals surface area contributed by atoms with E-state index in [1.54, 1.807) is 18.3 Å². The number of carbonyl (C=O) groups is 1. The minimum Gasteiger partial charge on any atom is -0.481 e. The van der Waals surface area contributed by atoms with Gasteiger partial charge in [0.25, 0.3) is 0 Å². The zero-order valence-electron chi connectivity index (χ0n) is 11.7. The van der Waals surface area contributed by atoms with Crippen molar-refractivity contribution in [2.24, 2.45) is 11.8 Å². The van der Waals surface area contributed by atoms with Crippen molar-refractivity contribution in [3.05, 3.63) is 10.6 Å². The molecule has 4 nitrogen and oxygen atoms in total. The number of nitrogens with zero attached hydrogens (tertiary/aromatic N) is 2. The Hall–Kier alpha value is -1.10. The summed E-state index contributed by atoms with van der Waals surface area (Å²) in [4.78, 5) is 18.8. The van der Waals surface area contributed by atoms with Crippen LogP contribution in [-0.2, 0) is 4.79 Å². The monoisotopic (exact) mass is 270 g/mol. The van der Waals surface area contributed by atoms with Crippen LogP contribution in [0.5, 0.6) is 0 Å². The first-order valence-corrected chi connectivity index (χ1v) is 7.04. The van der Waals surface area contributed by atoms with Crippen LogP contribution in [0.15, 0.2) is 0 Å². The second-order valence-electron chi connectivity index (χ2n) is 5.18. The average molecular weight is 270 g/mol. The van der Waals surface area contributed by atoms with Crippen LogP contribution >= 0.6 is 11.3 Å². The van der Waals surface area contributed by atoms with Crippen molar-refractivity contribution >= 4 is 22.4 Å². The third kappa shape index (κ3) is 3.98. The Bertz CT molecular complexity index is 396. The molecule has 1 rings (SSSR count). The summed E-state index contributed by atoms with van der Waals surface area (Å²) in [6.07, 6.45) is 0. The standard InChI is InChI=1S/C13H22N2O2S/c1-8(2)6-15(7-9(3)12(16)17)13-14-10(4)11(5)18-13/h8-9H,6-7H2,1-5H3,(H,16,17). The lowest BCUT2D eigenvalue weighted by molar-refractivity contribution is -0.140. The smallest absolute Gasteiger partial charge is 0.308 e. The quantitative estimate of drug-likeness (QED) is 0.863. The molecule has 1 unspecified atom stereocenters. The van der Waals surface area contributed by atoms with Gasteiger partial charge in [-0.25, -0.2) is 4.98 Å². The molecule has 1 aromatic heterocycles. The van der Waals surface area contributed by atoms with Gasteiger partial charge in [0.2, 0.25) is 0 Å². The number of aliphatic carboxylic acids is 1. The number of anilines is 1. The van der Waals surface area contributed by atoms with Gasteiger partial charge in [-0.3, -0.25) is 4.79 Å². The maximum atomic E-state index is 11.0. The third-order valence-electron chi connectivity index (χ3n) is 2.79. The van der Waals surface area contributed by atoms with Crippen molar-refractivity contribution < 1.29 is 9.90 Å². The van der Waals surface area contributed by atoms with Crippen LogP contribution in [0.1, 0.15) is 31.3 Å². The Balaban J connectivity index is 2.87. The Labute approximate surface area is 113 Å². The highest BCUT2D eigenvalue weighted by Crippen LogP contribution is 2.26. The van der Waals surface area contributed by atoms with Crippen molar-refractivity contribution in [2.45, 2.75) is 34.6 Å². The van der Waals surface area contributed by atoms with Gasteiger partial charge in [0.15, 0.2) is 5.13 Å². The molecular formula is C13H22N2O2S. The van der Waals surface area contributed by atoms with E-state index in [0.717, 1.165) is 17.4 Å². The van der Waals surface area contributed by atoms with Crippen LogP contribution in [0.3, 0.4) is 0 Å². The highest BCUT2D eigenvalue weighted by molar-refractivity contribution is 7.15. The lowest BCUT2D eigenvalue weighted by Crippen LogP contribution is -2.34.